The molecule has 0 aromatic heterocycles. The van der Waals surface area contributed by atoms with Crippen molar-refractivity contribution in [1.29, 1.82) is 0 Å². The van der Waals surface area contributed by atoms with Gasteiger partial charge in [0.05, 0.1) is 22.5 Å². The van der Waals surface area contributed by atoms with Gasteiger partial charge in [0.15, 0.2) is 11.5 Å². The van der Waals surface area contributed by atoms with Crippen LogP contribution in [0, 0.1) is 10.1 Å². The lowest BCUT2D eigenvalue weighted by atomic mass is 10.1. The Balaban J connectivity index is 1.80. The molecule has 1 aliphatic rings. The van der Waals surface area contributed by atoms with Crippen LogP contribution in [0.3, 0.4) is 0 Å². The highest BCUT2D eigenvalue weighted by Gasteiger charge is 2.30. The number of carbonyl (C=O) groups excluding carboxylic acids is 2. The first-order valence-corrected chi connectivity index (χ1v) is 9.96. The van der Waals surface area contributed by atoms with Crippen LogP contribution in [0.25, 0.3) is 6.08 Å². The Kier molecular flexibility index (Phi) is 6.48. The van der Waals surface area contributed by atoms with Crippen molar-refractivity contribution >= 4 is 51.9 Å². The van der Waals surface area contributed by atoms with Gasteiger partial charge in [-0.15, -0.1) is 0 Å². The Bertz CT molecular complexity index is 1070. The highest BCUT2D eigenvalue weighted by atomic mass is 32.2. The zero-order valence-corrected chi connectivity index (χ0v) is 17.6. The lowest BCUT2D eigenvalue weighted by Gasteiger charge is -2.10. The number of carbonyl (C=O) groups is 2. The number of non-ortho nitro benzene ring substituents is 1. The fourth-order valence-electron chi connectivity index (χ4n) is 2.66. The van der Waals surface area contributed by atoms with Crippen LogP contribution in [0.4, 0.5) is 5.69 Å². The van der Waals surface area contributed by atoms with Gasteiger partial charge < -0.3 is 9.47 Å². The van der Waals surface area contributed by atoms with Gasteiger partial charge in [-0.2, -0.15) is 0 Å². The number of thiocarbonyl (C=S) groups is 1. The van der Waals surface area contributed by atoms with Crippen LogP contribution in [0.2, 0.25) is 0 Å². The van der Waals surface area contributed by atoms with E-state index in [1.54, 1.807) is 24.3 Å². The first-order chi connectivity index (χ1) is 14.3. The Morgan fingerprint density at radius 3 is 2.50 bits per heavy atom. The first-order valence-electron chi connectivity index (χ1n) is 8.74. The van der Waals surface area contributed by atoms with E-state index in [0.29, 0.717) is 27.1 Å². The fourth-order valence-corrected chi connectivity index (χ4v) is 4.04. The number of benzene rings is 2. The van der Waals surface area contributed by atoms with Crippen LogP contribution in [0.1, 0.15) is 22.8 Å². The summed E-state index contributed by atoms with van der Waals surface area (Å²) in [6.45, 7) is 2.35. The van der Waals surface area contributed by atoms with E-state index < -0.39 is 10.9 Å². The number of nitro benzene ring substituents is 1. The van der Waals surface area contributed by atoms with Crippen LogP contribution in [-0.4, -0.2) is 39.7 Å². The van der Waals surface area contributed by atoms with Crippen LogP contribution < -0.4 is 9.47 Å². The molecule has 2 aromatic rings. The molecule has 0 aliphatic carbocycles. The summed E-state index contributed by atoms with van der Waals surface area (Å²) < 4.78 is 11.2. The van der Waals surface area contributed by atoms with Gasteiger partial charge in [0.25, 0.3) is 11.6 Å². The van der Waals surface area contributed by atoms with Gasteiger partial charge in [-0.25, -0.2) is 4.79 Å². The number of hydrogen-bond donors (Lipinski definition) is 0. The molecule has 1 saturated heterocycles. The minimum absolute atomic E-state index is 0.123. The van der Waals surface area contributed by atoms with Crippen molar-refractivity contribution in [2.45, 2.75) is 6.92 Å². The Labute approximate surface area is 181 Å². The molecule has 0 bridgehead atoms. The summed E-state index contributed by atoms with van der Waals surface area (Å²) in [5.41, 5.74) is 0.718. The van der Waals surface area contributed by atoms with E-state index in [2.05, 4.69) is 0 Å². The van der Waals surface area contributed by atoms with Gasteiger partial charge in [-0.05, 0) is 42.8 Å². The molecule has 0 atom stereocenters. The smallest absolute Gasteiger partial charge is 0.343 e. The molecule has 0 spiro atoms. The van der Waals surface area contributed by atoms with Crippen molar-refractivity contribution in [2.24, 2.45) is 0 Å². The summed E-state index contributed by atoms with van der Waals surface area (Å²) >= 11 is 6.43. The third kappa shape index (κ3) is 4.50. The summed E-state index contributed by atoms with van der Waals surface area (Å²) in [5.74, 6) is -0.357. The van der Waals surface area contributed by atoms with Gasteiger partial charge in [0, 0.05) is 18.7 Å². The van der Waals surface area contributed by atoms with E-state index in [0.717, 1.165) is 0 Å². The molecule has 3 rings (SSSR count). The Hall–Kier alpha value is -3.24. The molecule has 0 radical (unpaired) electrons. The molecule has 30 heavy (non-hydrogen) atoms. The van der Waals surface area contributed by atoms with E-state index in [9.17, 15) is 19.7 Å². The number of ether oxygens (including phenoxy) is 2. The third-order valence-corrected chi connectivity index (χ3v) is 5.57. The van der Waals surface area contributed by atoms with E-state index in [1.165, 1.54) is 48.0 Å². The molecule has 1 aliphatic heterocycles. The Morgan fingerprint density at radius 1 is 1.23 bits per heavy atom. The minimum Gasteiger partial charge on any atom is -0.493 e. The molecule has 0 saturated carbocycles. The average Bonchev–Trinajstić information content (AvgIpc) is 3.01. The molecular weight excluding hydrogens is 428 g/mol. The number of esters is 1. The number of amides is 1. The molecule has 8 nitrogen and oxygen atoms in total. The number of thioether (sulfide) groups is 1. The maximum atomic E-state index is 12.3. The van der Waals surface area contributed by atoms with E-state index in [-0.39, 0.29) is 22.9 Å². The minimum atomic E-state index is -0.681. The standard InChI is InChI=1S/C20H16N2O6S2/c1-3-21-18(23)17(30-20(21)29)11-12-4-9-15(16(10-12)27-2)28-19(24)13-5-7-14(8-6-13)22(25)26/h4-11H,3H2,1-2H3. The summed E-state index contributed by atoms with van der Waals surface area (Å²) in [6, 6.07) is 9.95. The topological polar surface area (TPSA) is 99.0 Å². The predicted molar refractivity (Wildman–Crippen MR) is 117 cm³/mol. The van der Waals surface area contributed by atoms with Crippen molar-refractivity contribution in [3.63, 3.8) is 0 Å². The maximum absolute atomic E-state index is 12.3. The molecule has 10 heteroatoms. The summed E-state index contributed by atoms with van der Waals surface area (Å²) in [7, 11) is 1.43. The second kappa shape index (κ2) is 9.06. The van der Waals surface area contributed by atoms with Crippen LogP contribution in [0.15, 0.2) is 47.4 Å². The van der Waals surface area contributed by atoms with Crippen molar-refractivity contribution in [3.05, 3.63) is 68.6 Å². The second-order valence-electron chi connectivity index (χ2n) is 6.03. The monoisotopic (exact) mass is 444 g/mol. The summed E-state index contributed by atoms with van der Waals surface area (Å²) in [5, 5.41) is 10.7. The lowest BCUT2D eigenvalue weighted by molar-refractivity contribution is -0.384. The van der Waals surface area contributed by atoms with Gasteiger partial charge in [-0.1, -0.05) is 30.0 Å². The van der Waals surface area contributed by atoms with Crippen molar-refractivity contribution < 1.29 is 24.0 Å². The molecular formula is C20H16N2O6S2. The zero-order valence-electron chi connectivity index (χ0n) is 16.0. The van der Waals surface area contributed by atoms with Gasteiger partial charge in [-0.3, -0.25) is 19.8 Å². The molecule has 1 fully saturated rings. The maximum Gasteiger partial charge on any atom is 0.343 e. The number of likely N-dealkylation sites (N-methyl/N-ethyl adjacent to an activating group) is 1. The first kappa shape index (κ1) is 21.5. The number of rotatable bonds is 6. The predicted octanol–water partition coefficient (Wildman–Crippen LogP) is 4.04. The van der Waals surface area contributed by atoms with E-state index in [4.69, 9.17) is 21.7 Å². The SMILES string of the molecule is CCN1C(=O)C(=Cc2ccc(OC(=O)c3ccc([N+](=O)[O-])cc3)c(OC)c2)SC1=S. The third-order valence-electron chi connectivity index (χ3n) is 4.19. The molecule has 1 amide bonds. The van der Waals surface area contributed by atoms with E-state index in [1.807, 2.05) is 6.92 Å². The molecule has 154 valence electrons. The molecule has 0 unspecified atom stereocenters. The van der Waals surface area contributed by atoms with Crippen molar-refractivity contribution in [1.82, 2.24) is 4.90 Å². The van der Waals surface area contributed by atoms with Gasteiger partial charge in [0.1, 0.15) is 4.32 Å². The number of nitrogens with zero attached hydrogens (tertiary/aromatic N) is 2. The molecule has 2 aromatic carbocycles. The zero-order chi connectivity index (χ0) is 21.8. The summed E-state index contributed by atoms with van der Waals surface area (Å²) in [4.78, 5) is 36.9. The van der Waals surface area contributed by atoms with Gasteiger partial charge in [0.2, 0.25) is 0 Å². The Morgan fingerprint density at radius 2 is 1.93 bits per heavy atom. The largest absolute Gasteiger partial charge is 0.493 e. The van der Waals surface area contributed by atoms with Crippen LogP contribution >= 0.6 is 24.0 Å². The highest BCUT2D eigenvalue weighted by Crippen LogP contribution is 2.34. The van der Waals surface area contributed by atoms with Gasteiger partial charge >= 0.3 is 5.97 Å². The van der Waals surface area contributed by atoms with Crippen LogP contribution in [-0.2, 0) is 4.79 Å². The average molecular weight is 444 g/mol. The van der Waals surface area contributed by atoms with E-state index >= 15 is 0 Å². The lowest BCUT2D eigenvalue weighted by Crippen LogP contribution is -2.27. The molecule has 0 N–H and O–H groups in total. The van der Waals surface area contributed by atoms with Crippen molar-refractivity contribution in [2.75, 3.05) is 13.7 Å². The quantitative estimate of drug-likeness (QED) is 0.164. The normalized spacial score (nSPS) is 14.9. The summed E-state index contributed by atoms with van der Waals surface area (Å²) in [6.07, 6.45) is 1.69. The highest BCUT2D eigenvalue weighted by molar-refractivity contribution is 8.26. The fraction of sp³-hybridized carbons (Fsp3) is 0.150. The number of nitro groups is 1. The van der Waals surface area contributed by atoms with Crippen molar-refractivity contribution in [3.8, 4) is 11.5 Å². The van der Waals surface area contributed by atoms with Crippen LogP contribution in [0.5, 0.6) is 11.5 Å². The second-order valence-corrected chi connectivity index (χ2v) is 7.71. The number of methoxy groups -OCH3 is 1. The number of hydrogen-bond acceptors (Lipinski definition) is 8. The molecule has 1 heterocycles.